The van der Waals surface area contributed by atoms with Crippen molar-refractivity contribution in [2.24, 2.45) is 11.8 Å². The van der Waals surface area contributed by atoms with Crippen molar-refractivity contribution in [2.75, 3.05) is 7.05 Å². The van der Waals surface area contributed by atoms with Crippen LogP contribution >= 0.6 is 0 Å². The third-order valence-corrected chi connectivity index (χ3v) is 4.45. The highest BCUT2D eigenvalue weighted by atomic mass is 16.4. The predicted molar refractivity (Wildman–Crippen MR) is 64.6 cm³/mol. The fourth-order valence-corrected chi connectivity index (χ4v) is 3.38. The first-order valence-corrected chi connectivity index (χ1v) is 6.85. The number of rotatable bonds is 4. The van der Waals surface area contributed by atoms with Gasteiger partial charge in [-0.3, -0.25) is 0 Å². The summed E-state index contributed by atoms with van der Waals surface area (Å²) in [6.45, 7) is 2.13. The molecule has 0 radical (unpaired) electrons. The Labute approximate surface area is 102 Å². The monoisotopic (exact) mass is 235 g/mol. The first-order valence-electron chi connectivity index (χ1n) is 6.85. The number of fused-ring (bicyclic) bond motifs is 1. The minimum Gasteiger partial charge on any atom is -0.423 e. The Morgan fingerprint density at radius 2 is 2.00 bits per heavy atom. The molecule has 1 aromatic rings. The quantitative estimate of drug-likeness (QED) is 0.871. The second-order valence-corrected chi connectivity index (χ2v) is 5.37. The molecule has 2 aliphatic carbocycles. The van der Waals surface area contributed by atoms with Gasteiger partial charge in [-0.05, 0) is 38.1 Å². The van der Waals surface area contributed by atoms with Crippen LogP contribution in [-0.2, 0) is 0 Å². The average molecular weight is 235 g/mol. The van der Waals surface area contributed by atoms with E-state index in [1.54, 1.807) is 0 Å². The maximum absolute atomic E-state index is 5.86. The fraction of sp³-hybridized carbons (Fsp3) is 0.846. The Morgan fingerprint density at radius 1 is 1.29 bits per heavy atom. The molecule has 0 saturated heterocycles. The van der Waals surface area contributed by atoms with Gasteiger partial charge in [-0.15, -0.1) is 10.2 Å². The largest absolute Gasteiger partial charge is 0.423 e. The summed E-state index contributed by atoms with van der Waals surface area (Å²) >= 11 is 0. The van der Waals surface area contributed by atoms with E-state index in [-0.39, 0.29) is 6.04 Å². The Hall–Kier alpha value is -0.900. The molecule has 0 aromatic carbocycles. The molecule has 2 fully saturated rings. The van der Waals surface area contributed by atoms with E-state index in [2.05, 4.69) is 22.4 Å². The minimum absolute atomic E-state index is 0.206. The zero-order chi connectivity index (χ0) is 11.8. The topological polar surface area (TPSA) is 51.0 Å². The summed E-state index contributed by atoms with van der Waals surface area (Å²) < 4.78 is 5.86. The lowest BCUT2D eigenvalue weighted by Crippen LogP contribution is -2.15. The van der Waals surface area contributed by atoms with Crippen LogP contribution in [0.25, 0.3) is 0 Å². The lowest BCUT2D eigenvalue weighted by atomic mass is 10.0. The Kier molecular flexibility index (Phi) is 2.90. The Bertz CT molecular complexity index is 374. The molecule has 4 nitrogen and oxygen atoms in total. The molecule has 3 rings (SSSR count). The van der Waals surface area contributed by atoms with Crippen LogP contribution in [0.4, 0.5) is 0 Å². The Balaban J connectivity index is 1.73. The van der Waals surface area contributed by atoms with Gasteiger partial charge in [0.05, 0.1) is 6.04 Å². The van der Waals surface area contributed by atoms with Crippen molar-refractivity contribution in [2.45, 2.75) is 51.0 Å². The lowest BCUT2D eigenvalue weighted by molar-refractivity contribution is 0.382. The SMILES string of the molecule is CCC(NC)c1nnc(C2C3CCCCC32)o1. The highest BCUT2D eigenvalue weighted by Crippen LogP contribution is 2.60. The van der Waals surface area contributed by atoms with Gasteiger partial charge in [-0.2, -0.15) is 0 Å². The molecule has 3 unspecified atom stereocenters. The van der Waals surface area contributed by atoms with Crippen molar-refractivity contribution in [3.05, 3.63) is 11.8 Å². The summed E-state index contributed by atoms with van der Waals surface area (Å²) in [6.07, 6.45) is 6.46. The number of aromatic nitrogens is 2. The van der Waals surface area contributed by atoms with Crippen LogP contribution in [-0.4, -0.2) is 17.2 Å². The van der Waals surface area contributed by atoms with Gasteiger partial charge in [-0.1, -0.05) is 19.8 Å². The molecule has 0 spiro atoms. The van der Waals surface area contributed by atoms with Gasteiger partial charge in [0.1, 0.15) is 0 Å². The third-order valence-electron chi connectivity index (χ3n) is 4.45. The van der Waals surface area contributed by atoms with Gasteiger partial charge in [0, 0.05) is 5.92 Å². The lowest BCUT2D eigenvalue weighted by Gasteiger charge is -2.07. The van der Waals surface area contributed by atoms with Crippen LogP contribution in [0.1, 0.15) is 62.8 Å². The second kappa shape index (κ2) is 4.41. The summed E-state index contributed by atoms with van der Waals surface area (Å²) in [4.78, 5) is 0. The molecule has 0 aliphatic heterocycles. The van der Waals surface area contributed by atoms with E-state index in [9.17, 15) is 0 Å². The van der Waals surface area contributed by atoms with Crippen LogP contribution in [0.2, 0.25) is 0 Å². The molecule has 0 amide bonds. The summed E-state index contributed by atoms with van der Waals surface area (Å²) in [7, 11) is 1.94. The van der Waals surface area contributed by atoms with Gasteiger partial charge in [0.25, 0.3) is 0 Å². The van der Waals surface area contributed by atoms with Crippen LogP contribution in [0.5, 0.6) is 0 Å². The predicted octanol–water partition coefficient (Wildman–Crippen LogP) is 2.64. The van der Waals surface area contributed by atoms with Crippen molar-refractivity contribution in [3.63, 3.8) is 0 Å². The molecule has 1 heterocycles. The van der Waals surface area contributed by atoms with Crippen molar-refractivity contribution in [3.8, 4) is 0 Å². The molecule has 4 heteroatoms. The first-order chi connectivity index (χ1) is 8.35. The van der Waals surface area contributed by atoms with Crippen molar-refractivity contribution < 1.29 is 4.42 Å². The maximum atomic E-state index is 5.86. The van der Waals surface area contributed by atoms with E-state index >= 15 is 0 Å². The summed E-state index contributed by atoms with van der Waals surface area (Å²) in [5.41, 5.74) is 0. The average Bonchev–Trinajstić information content (AvgIpc) is 2.91. The van der Waals surface area contributed by atoms with Crippen LogP contribution in [0.3, 0.4) is 0 Å². The molecule has 3 atom stereocenters. The molecule has 2 aliphatic rings. The number of hydrogen-bond donors (Lipinski definition) is 1. The van der Waals surface area contributed by atoms with E-state index in [1.807, 2.05) is 7.05 Å². The van der Waals surface area contributed by atoms with Crippen LogP contribution in [0, 0.1) is 11.8 Å². The molecular weight excluding hydrogens is 214 g/mol. The van der Waals surface area contributed by atoms with Gasteiger partial charge in [0.2, 0.25) is 11.8 Å². The molecule has 1 N–H and O–H groups in total. The van der Waals surface area contributed by atoms with E-state index < -0.39 is 0 Å². The number of hydrogen-bond acceptors (Lipinski definition) is 4. The minimum atomic E-state index is 0.206. The van der Waals surface area contributed by atoms with E-state index in [0.717, 1.165) is 30.0 Å². The van der Waals surface area contributed by atoms with Crippen LogP contribution < -0.4 is 5.32 Å². The van der Waals surface area contributed by atoms with Gasteiger partial charge in [-0.25, -0.2) is 0 Å². The normalized spacial score (nSPS) is 33.2. The van der Waals surface area contributed by atoms with E-state index in [4.69, 9.17) is 4.42 Å². The second-order valence-electron chi connectivity index (χ2n) is 5.37. The molecule has 1 aromatic heterocycles. The molecule has 2 saturated carbocycles. The Morgan fingerprint density at radius 3 is 2.59 bits per heavy atom. The van der Waals surface area contributed by atoms with Gasteiger partial charge < -0.3 is 9.73 Å². The van der Waals surface area contributed by atoms with Crippen molar-refractivity contribution in [1.82, 2.24) is 15.5 Å². The highest BCUT2D eigenvalue weighted by molar-refractivity contribution is 5.14. The molecule has 0 bridgehead atoms. The third kappa shape index (κ3) is 1.88. The number of nitrogens with zero attached hydrogens (tertiary/aromatic N) is 2. The standard InChI is InChI=1S/C13H21N3O/c1-3-10(14-2)12-15-16-13(17-12)11-8-6-4-5-7-9(8)11/h8-11,14H,3-7H2,1-2H3. The zero-order valence-corrected chi connectivity index (χ0v) is 10.6. The smallest absolute Gasteiger partial charge is 0.233 e. The fourth-order valence-electron chi connectivity index (χ4n) is 3.38. The maximum Gasteiger partial charge on any atom is 0.233 e. The van der Waals surface area contributed by atoms with E-state index in [1.165, 1.54) is 25.7 Å². The molecule has 17 heavy (non-hydrogen) atoms. The van der Waals surface area contributed by atoms with Crippen molar-refractivity contribution in [1.29, 1.82) is 0 Å². The number of nitrogens with one attached hydrogen (secondary N) is 1. The van der Waals surface area contributed by atoms with Gasteiger partial charge in [0.15, 0.2) is 0 Å². The summed E-state index contributed by atoms with van der Waals surface area (Å²) in [5, 5.41) is 11.7. The summed E-state index contributed by atoms with van der Waals surface area (Å²) in [5.74, 6) is 3.91. The van der Waals surface area contributed by atoms with Gasteiger partial charge >= 0.3 is 0 Å². The van der Waals surface area contributed by atoms with E-state index in [0.29, 0.717) is 5.92 Å². The summed E-state index contributed by atoms with van der Waals surface area (Å²) in [6, 6.07) is 0.206. The first kappa shape index (κ1) is 11.2. The van der Waals surface area contributed by atoms with Crippen molar-refractivity contribution >= 4 is 0 Å². The van der Waals surface area contributed by atoms with Crippen LogP contribution in [0.15, 0.2) is 4.42 Å². The zero-order valence-electron chi connectivity index (χ0n) is 10.6. The molecular formula is C13H21N3O. The highest BCUT2D eigenvalue weighted by Gasteiger charge is 2.54. The molecule has 94 valence electrons.